The fraction of sp³-hybridized carbons (Fsp3) is 0.148. The van der Waals surface area contributed by atoms with Crippen molar-refractivity contribution >= 4 is 27.7 Å². The van der Waals surface area contributed by atoms with Crippen LogP contribution in [0.1, 0.15) is 29.3 Å². The molecule has 0 aliphatic heterocycles. The van der Waals surface area contributed by atoms with E-state index in [2.05, 4.69) is 27.5 Å². The number of halogens is 1. The van der Waals surface area contributed by atoms with Crippen molar-refractivity contribution in [3.05, 3.63) is 106 Å². The van der Waals surface area contributed by atoms with Crippen molar-refractivity contribution in [2.24, 2.45) is 0 Å². The van der Waals surface area contributed by atoms with Crippen molar-refractivity contribution in [3.63, 3.8) is 0 Å². The number of hydrogen-bond acceptors (Lipinski definition) is 3. The van der Waals surface area contributed by atoms with Gasteiger partial charge in [-0.25, -0.2) is 9.07 Å². The van der Waals surface area contributed by atoms with Crippen LogP contribution in [0.15, 0.2) is 83.8 Å². The first-order valence-electron chi connectivity index (χ1n) is 11.1. The average Bonchev–Trinajstić information content (AvgIpc) is 3.20. The predicted octanol–water partition coefficient (Wildman–Crippen LogP) is 4.76. The third kappa shape index (κ3) is 4.20. The van der Waals surface area contributed by atoms with Crippen molar-refractivity contribution in [3.8, 4) is 5.69 Å². The van der Waals surface area contributed by atoms with E-state index < -0.39 is 0 Å². The molecule has 0 spiro atoms. The lowest BCUT2D eigenvalue weighted by molar-refractivity contribution is 0.0938. The average molecular weight is 455 g/mol. The van der Waals surface area contributed by atoms with Crippen molar-refractivity contribution < 1.29 is 9.18 Å². The number of aryl methyl sites for hydroxylation is 1. The third-order valence-electron chi connectivity index (χ3n) is 5.96. The maximum absolute atomic E-state index is 13.3. The highest BCUT2D eigenvalue weighted by Crippen LogP contribution is 2.22. The van der Waals surface area contributed by atoms with Crippen molar-refractivity contribution in [2.45, 2.75) is 25.8 Å². The number of fused-ring (bicyclic) bond motifs is 3. The van der Waals surface area contributed by atoms with Gasteiger partial charge in [-0.05, 0) is 67.8 Å². The maximum atomic E-state index is 13.3. The lowest BCUT2D eigenvalue weighted by Gasteiger charge is -2.14. The number of nitrogens with one attached hydrogen (secondary N) is 2. The fourth-order valence-corrected chi connectivity index (χ4v) is 4.08. The molecule has 2 aromatic heterocycles. The largest absolute Gasteiger partial charge is 0.350 e. The van der Waals surface area contributed by atoms with Gasteiger partial charge in [0.2, 0.25) is 0 Å². The van der Waals surface area contributed by atoms with Gasteiger partial charge in [0.25, 0.3) is 11.5 Å². The molecular formula is C27H23FN4O2. The van der Waals surface area contributed by atoms with Gasteiger partial charge < -0.3 is 5.32 Å². The Hall–Kier alpha value is -4.26. The molecule has 2 heterocycles. The van der Waals surface area contributed by atoms with E-state index in [-0.39, 0.29) is 23.3 Å². The second-order valence-electron chi connectivity index (χ2n) is 8.41. The van der Waals surface area contributed by atoms with Crippen LogP contribution in [0.3, 0.4) is 0 Å². The van der Waals surface area contributed by atoms with Gasteiger partial charge in [0.1, 0.15) is 5.82 Å². The molecule has 5 aromatic rings. The Bertz CT molecular complexity index is 1540. The Morgan fingerprint density at radius 1 is 1.06 bits per heavy atom. The Morgan fingerprint density at radius 3 is 2.59 bits per heavy atom. The number of nitrogens with zero attached hydrogens (tertiary/aromatic N) is 2. The molecule has 6 nitrogen and oxygen atoms in total. The number of carbonyl (C=O) groups is 1. The van der Waals surface area contributed by atoms with Gasteiger partial charge in [0, 0.05) is 23.2 Å². The molecule has 1 atom stereocenters. The van der Waals surface area contributed by atoms with Crippen molar-refractivity contribution in [2.75, 3.05) is 0 Å². The monoisotopic (exact) mass is 454 g/mol. The summed E-state index contributed by atoms with van der Waals surface area (Å²) in [5.74, 6) is -0.562. The van der Waals surface area contributed by atoms with Crippen LogP contribution < -0.4 is 10.9 Å². The lowest BCUT2D eigenvalue weighted by atomic mass is 10.1. The van der Waals surface area contributed by atoms with Crippen molar-refractivity contribution in [1.29, 1.82) is 0 Å². The number of pyridine rings is 1. The highest BCUT2D eigenvalue weighted by molar-refractivity contribution is 6.06. The molecule has 34 heavy (non-hydrogen) atoms. The van der Waals surface area contributed by atoms with Crippen LogP contribution in [-0.2, 0) is 6.42 Å². The molecule has 0 saturated heterocycles. The van der Waals surface area contributed by atoms with Gasteiger partial charge in [-0.1, -0.05) is 30.3 Å². The van der Waals surface area contributed by atoms with Gasteiger partial charge in [-0.2, -0.15) is 0 Å². The quantitative estimate of drug-likeness (QED) is 0.388. The van der Waals surface area contributed by atoms with Gasteiger partial charge in [0.15, 0.2) is 0 Å². The number of rotatable bonds is 6. The van der Waals surface area contributed by atoms with E-state index in [1.54, 1.807) is 18.2 Å². The first-order valence-corrected chi connectivity index (χ1v) is 11.1. The van der Waals surface area contributed by atoms with E-state index in [1.807, 2.05) is 25.1 Å². The molecule has 0 unspecified atom stereocenters. The summed E-state index contributed by atoms with van der Waals surface area (Å²) in [5.41, 5.74) is 3.18. The third-order valence-corrected chi connectivity index (χ3v) is 5.96. The summed E-state index contributed by atoms with van der Waals surface area (Å²) < 4.78 is 14.7. The topological polar surface area (TPSA) is 79.8 Å². The van der Waals surface area contributed by atoms with E-state index in [9.17, 15) is 14.0 Å². The summed E-state index contributed by atoms with van der Waals surface area (Å²) in [6.45, 7) is 1.99. The van der Waals surface area contributed by atoms with Crippen LogP contribution in [-0.4, -0.2) is 26.7 Å². The van der Waals surface area contributed by atoms with E-state index >= 15 is 0 Å². The van der Waals surface area contributed by atoms with E-state index in [0.29, 0.717) is 33.1 Å². The molecule has 0 radical (unpaired) electrons. The number of amides is 1. The first-order chi connectivity index (χ1) is 16.5. The number of hydrogen-bond donors (Lipinski definition) is 2. The lowest BCUT2D eigenvalue weighted by Crippen LogP contribution is -2.32. The molecular weight excluding hydrogens is 431 g/mol. The summed E-state index contributed by atoms with van der Waals surface area (Å²) >= 11 is 0. The molecule has 0 aliphatic rings. The van der Waals surface area contributed by atoms with Gasteiger partial charge in [-0.15, -0.1) is 0 Å². The molecule has 0 bridgehead atoms. The minimum Gasteiger partial charge on any atom is -0.350 e. The molecule has 0 saturated carbocycles. The molecule has 0 fully saturated rings. The molecule has 0 aliphatic carbocycles. The minimum atomic E-state index is -0.381. The predicted molar refractivity (Wildman–Crippen MR) is 131 cm³/mol. The second kappa shape index (κ2) is 8.94. The zero-order valence-electron chi connectivity index (χ0n) is 18.6. The van der Waals surface area contributed by atoms with Gasteiger partial charge >= 0.3 is 0 Å². The van der Waals surface area contributed by atoms with E-state index in [1.165, 1.54) is 40.7 Å². The Morgan fingerprint density at radius 2 is 1.82 bits per heavy atom. The van der Waals surface area contributed by atoms with Crippen molar-refractivity contribution in [1.82, 2.24) is 20.1 Å². The maximum Gasteiger partial charge on any atom is 0.280 e. The molecule has 5 rings (SSSR count). The number of aromatic nitrogens is 3. The van der Waals surface area contributed by atoms with Crippen LogP contribution >= 0.6 is 0 Å². The minimum absolute atomic E-state index is 0.00307. The number of aromatic amines is 1. The zero-order valence-corrected chi connectivity index (χ0v) is 18.6. The Balaban J connectivity index is 1.43. The summed E-state index contributed by atoms with van der Waals surface area (Å²) in [6, 6.07) is 21.1. The van der Waals surface area contributed by atoms with Crippen LogP contribution in [0, 0.1) is 5.82 Å². The standard InChI is InChI=1S/C27H23FN4O2/c1-17(7-8-18-5-3-2-4-6-18)30-26(33)19-9-14-24-22(15-19)25-23(16-29-24)27(34)32(31-25)21-12-10-20(28)11-13-21/h2-6,9-17,31H,7-8H2,1H3,(H,30,33)/t17-/m1/s1. The van der Waals surface area contributed by atoms with Crippen LogP contribution in [0.4, 0.5) is 4.39 Å². The Kier molecular flexibility index (Phi) is 5.67. The number of H-pyrrole nitrogens is 1. The van der Waals surface area contributed by atoms with Crippen LogP contribution in [0.2, 0.25) is 0 Å². The smallest absolute Gasteiger partial charge is 0.280 e. The highest BCUT2D eigenvalue weighted by atomic mass is 19.1. The number of carbonyl (C=O) groups excluding carboxylic acids is 1. The SMILES string of the molecule is C[C@H](CCc1ccccc1)NC(=O)c1ccc2ncc3c(=O)n(-c4ccc(F)cc4)[nH]c3c2c1. The molecule has 3 aromatic carbocycles. The fourth-order valence-electron chi connectivity index (χ4n) is 4.08. The summed E-state index contributed by atoms with van der Waals surface area (Å²) in [7, 11) is 0. The van der Waals surface area contributed by atoms with E-state index in [4.69, 9.17) is 0 Å². The molecule has 1 amide bonds. The summed E-state index contributed by atoms with van der Waals surface area (Å²) in [5, 5.41) is 7.21. The second-order valence-corrected chi connectivity index (χ2v) is 8.41. The van der Waals surface area contributed by atoms with Crippen LogP contribution in [0.25, 0.3) is 27.5 Å². The van der Waals surface area contributed by atoms with E-state index in [0.717, 1.165) is 12.8 Å². The highest BCUT2D eigenvalue weighted by Gasteiger charge is 2.15. The first kappa shape index (κ1) is 21.6. The number of benzene rings is 3. The zero-order chi connectivity index (χ0) is 23.7. The molecule has 2 N–H and O–H groups in total. The normalized spacial score (nSPS) is 12.2. The van der Waals surface area contributed by atoms with Gasteiger partial charge in [0.05, 0.1) is 22.1 Å². The van der Waals surface area contributed by atoms with Gasteiger partial charge in [-0.3, -0.25) is 19.7 Å². The molecule has 7 heteroatoms. The molecule has 170 valence electrons. The summed E-state index contributed by atoms with van der Waals surface area (Å²) in [4.78, 5) is 30.2. The summed E-state index contributed by atoms with van der Waals surface area (Å²) in [6.07, 6.45) is 3.22. The van der Waals surface area contributed by atoms with Crippen LogP contribution in [0.5, 0.6) is 0 Å². The Labute approximate surface area is 195 Å².